The number of benzene rings is 2. The second-order valence-corrected chi connectivity index (χ2v) is 7.71. The van der Waals surface area contributed by atoms with Crippen molar-refractivity contribution in [3.8, 4) is 5.75 Å². The van der Waals surface area contributed by atoms with Crippen molar-refractivity contribution < 1.29 is 9.53 Å². The van der Waals surface area contributed by atoms with Crippen LogP contribution in [-0.4, -0.2) is 36.2 Å². The van der Waals surface area contributed by atoms with Crippen LogP contribution in [0.4, 0.5) is 27.9 Å². The van der Waals surface area contributed by atoms with Gasteiger partial charge in [0, 0.05) is 24.2 Å². The molecular weight excluding hydrogens is 380 g/mol. The summed E-state index contributed by atoms with van der Waals surface area (Å²) in [5, 5.41) is 7.33. The number of hydrogen-bond donors (Lipinski definition) is 2. The lowest BCUT2D eigenvalue weighted by Crippen LogP contribution is -2.56. The topological polar surface area (TPSA) is 82.6 Å². The van der Waals surface area contributed by atoms with E-state index in [0.717, 1.165) is 47.9 Å². The van der Waals surface area contributed by atoms with E-state index >= 15 is 0 Å². The molecule has 154 valence electrons. The highest BCUT2D eigenvalue weighted by molar-refractivity contribution is 5.98. The van der Waals surface area contributed by atoms with Crippen LogP contribution in [0.5, 0.6) is 5.75 Å². The fourth-order valence-electron chi connectivity index (χ4n) is 4.25. The first-order chi connectivity index (χ1) is 14.6. The molecule has 1 saturated carbocycles. The van der Waals surface area contributed by atoms with E-state index in [1.165, 1.54) is 0 Å². The van der Waals surface area contributed by atoms with Gasteiger partial charge in [-0.05, 0) is 24.3 Å². The van der Waals surface area contributed by atoms with Crippen molar-refractivity contribution in [1.29, 1.82) is 0 Å². The average molecular weight is 404 g/mol. The number of anilines is 4. The fraction of sp³-hybridized carbons (Fsp3) is 0.318. The van der Waals surface area contributed by atoms with Gasteiger partial charge < -0.3 is 10.1 Å². The summed E-state index contributed by atoms with van der Waals surface area (Å²) in [6.07, 6.45) is 6.10. The van der Waals surface area contributed by atoms with Crippen LogP contribution < -0.4 is 25.4 Å². The number of nitrogens with zero attached hydrogens (tertiary/aromatic N) is 4. The van der Waals surface area contributed by atoms with Crippen LogP contribution in [0.1, 0.15) is 25.7 Å². The van der Waals surface area contributed by atoms with E-state index in [1.807, 2.05) is 41.4 Å². The highest BCUT2D eigenvalue weighted by atomic mass is 16.5. The van der Waals surface area contributed by atoms with Crippen molar-refractivity contribution in [2.24, 2.45) is 0 Å². The molecule has 0 bridgehead atoms. The van der Waals surface area contributed by atoms with Crippen LogP contribution in [0, 0.1) is 0 Å². The summed E-state index contributed by atoms with van der Waals surface area (Å²) in [7, 11) is 3.39. The first kappa shape index (κ1) is 18.5. The summed E-state index contributed by atoms with van der Waals surface area (Å²) in [4.78, 5) is 23.1. The maximum atomic E-state index is 12.4. The highest BCUT2D eigenvalue weighted by Gasteiger charge is 2.34. The molecule has 3 aromatic rings. The van der Waals surface area contributed by atoms with E-state index in [4.69, 9.17) is 9.72 Å². The van der Waals surface area contributed by atoms with E-state index in [9.17, 15) is 4.79 Å². The second-order valence-electron chi connectivity index (χ2n) is 7.71. The zero-order valence-corrected chi connectivity index (χ0v) is 17.1. The smallest absolute Gasteiger partial charge is 0.340 e. The summed E-state index contributed by atoms with van der Waals surface area (Å²) in [5.41, 5.74) is 4.52. The molecule has 5 rings (SSSR count). The molecule has 1 fully saturated rings. The maximum absolute atomic E-state index is 12.4. The molecule has 2 aromatic carbocycles. The minimum Gasteiger partial charge on any atom is -0.496 e. The van der Waals surface area contributed by atoms with Gasteiger partial charge in [-0.3, -0.25) is 9.91 Å². The largest absolute Gasteiger partial charge is 0.496 e. The third-order valence-corrected chi connectivity index (χ3v) is 5.85. The number of fused-ring (bicyclic) bond motifs is 2. The molecule has 8 heteroatoms. The number of ether oxygens (including phenoxy) is 1. The van der Waals surface area contributed by atoms with Crippen LogP contribution in [0.2, 0.25) is 0 Å². The zero-order valence-electron chi connectivity index (χ0n) is 17.1. The normalized spacial score (nSPS) is 16.5. The van der Waals surface area contributed by atoms with Crippen molar-refractivity contribution >= 4 is 39.9 Å². The molecule has 30 heavy (non-hydrogen) atoms. The molecule has 8 nitrogen and oxygen atoms in total. The van der Waals surface area contributed by atoms with Gasteiger partial charge in [0.1, 0.15) is 11.4 Å². The van der Waals surface area contributed by atoms with Gasteiger partial charge in [-0.2, -0.15) is 4.98 Å². The minimum atomic E-state index is -0.169. The van der Waals surface area contributed by atoms with Crippen molar-refractivity contribution in [3.05, 3.63) is 42.6 Å². The number of aromatic nitrogens is 2. The first-order valence-corrected chi connectivity index (χ1v) is 10.2. The van der Waals surface area contributed by atoms with E-state index in [0.29, 0.717) is 17.5 Å². The van der Waals surface area contributed by atoms with Gasteiger partial charge in [0.2, 0.25) is 5.95 Å². The molecule has 1 aromatic heterocycles. The number of nitrogens with one attached hydrogen (secondary N) is 2. The quantitative estimate of drug-likeness (QED) is 0.678. The predicted molar refractivity (Wildman–Crippen MR) is 117 cm³/mol. The SMILES string of the molecule is COc1cc(Nc2ncc3c(n2)N(C2CCCC2)NC(=O)N3C)cc2ccccc12. The third-order valence-electron chi connectivity index (χ3n) is 5.85. The zero-order chi connectivity index (χ0) is 20.7. The van der Waals surface area contributed by atoms with Gasteiger partial charge in [-0.15, -0.1) is 0 Å². The Hall–Kier alpha value is -3.55. The first-order valence-electron chi connectivity index (χ1n) is 10.2. The van der Waals surface area contributed by atoms with Crippen LogP contribution >= 0.6 is 0 Å². The van der Waals surface area contributed by atoms with Crippen molar-refractivity contribution in [2.75, 3.05) is 29.4 Å². The van der Waals surface area contributed by atoms with Gasteiger partial charge in [-0.25, -0.2) is 15.2 Å². The number of rotatable bonds is 4. The number of methoxy groups -OCH3 is 1. The van der Waals surface area contributed by atoms with Crippen molar-refractivity contribution in [2.45, 2.75) is 31.7 Å². The highest BCUT2D eigenvalue weighted by Crippen LogP contribution is 2.36. The Labute approximate surface area is 174 Å². The molecule has 2 N–H and O–H groups in total. The molecule has 0 radical (unpaired) electrons. The van der Waals surface area contributed by atoms with Crippen molar-refractivity contribution in [3.63, 3.8) is 0 Å². The molecular formula is C22H24N6O2. The molecule has 0 spiro atoms. The summed E-state index contributed by atoms with van der Waals surface area (Å²) < 4.78 is 5.56. The van der Waals surface area contributed by atoms with Crippen LogP contribution in [0.25, 0.3) is 10.8 Å². The number of hydrogen-bond acceptors (Lipinski definition) is 6. The van der Waals surface area contributed by atoms with Crippen molar-refractivity contribution in [1.82, 2.24) is 15.4 Å². The van der Waals surface area contributed by atoms with Gasteiger partial charge in [0.25, 0.3) is 0 Å². The summed E-state index contributed by atoms with van der Waals surface area (Å²) in [5.74, 6) is 1.97. The molecule has 0 atom stereocenters. The lowest BCUT2D eigenvalue weighted by atomic mass is 10.1. The molecule has 0 unspecified atom stereocenters. The number of urea groups is 1. The predicted octanol–water partition coefficient (Wildman–Crippen LogP) is 4.21. The van der Waals surface area contributed by atoms with Gasteiger partial charge in [-0.1, -0.05) is 37.1 Å². The average Bonchev–Trinajstić information content (AvgIpc) is 3.30. The standard InChI is InChI=1S/C22H24N6O2/c1-27-18-13-23-21(25-20(18)28(26-22(27)29)16-8-4-5-9-16)24-15-11-14-7-3-6-10-17(14)19(12-15)30-2/h3,6-7,10-13,16H,4-5,8-9H2,1-2H3,(H,26,29)(H,23,24,25). The molecule has 2 amide bonds. The van der Waals surface area contributed by atoms with Gasteiger partial charge in [0.05, 0.1) is 19.3 Å². The molecule has 2 aliphatic rings. The van der Waals surface area contributed by atoms with Gasteiger partial charge >= 0.3 is 6.03 Å². The maximum Gasteiger partial charge on any atom is 0.340 e. The third kappa shape index (κ3) is 3.14. The Morgan fingerprint density at radius 1 is 1.20 bits per heavy atom. The van der Waals surface area contributed by atoms with E-state index < -0.39 is 0 Å². The van der Waals surface area contributed by atoms with E-state index in [1.54, 1.807) is 25.3 Å². The molecule has 2 heterocycles. The summed E-state index contributed by atoms with van der Waals surface area (Å²) >= 11 is 0. The fourth-order valence-corrected chi connectivity index (χ4v) is 4.25. The lowest BCUT2D eigenvalue weighted by molar-refractivity contribution is 0.243. The molecule has 0 saturated heterocycles. The van der Waals surface area contributed by atoms with E-state index in [-0.39, 0.29) is 12.1 Å². The number of hydrazine groups is 1. The molecule has 1 aliphatic heterocycles. The van der Waals surface area contributed by atoms with Crippen LogP contribution in [0.15, 0.2) is 42.6 Å². The Morgan fingerprint density at radius 2 is 2.00 bits per heavy atom. The Kier molecular flexibility index (Phi) is 4.54. The number of carbonyl (C=O) groups is 1. The minimum absolute atomic E-state index is 0.169. The Bertz CT molecular complexity index is 1110. The monoisotopic (exact) mass is 404 g/mol. The second kappa shape index (κ2) is 7.37. The lowest BCUT2D eigenvalue weighted by Gasteiger charge is -2.38. The van der Waals surface area contributed by atoms with Crippen LogP contribution in [0.3, 0.4) is 0 Å². The van der Waals surface area contributed by atoms with Gasteiger partial charge in [0.15, 0.2) is 5.82 Å². The van der Waals surface area contributed by atoms with E-state index in [2.05, 4.69) is 15.7 Å². The number of amides is 2. The summed E-state index contributed by atoms with van der Waals surface area (Å²) in [6.45, 7) is 0. The summed E-state index contributed by atoms with van der Waals surface area (Å²) in [6, 6.07) is 12.1. The van der Waals surface area contributed by atoms with Crippen LogP contribution in [-0.2, 0) is 0 Å². The number of carbonyl (C=O) groups excluding carboxylic acids is 1. The molecule has 1 aliphatic carbocycles. The Balaban J connectivity index is 1.51. The Morgan fingerprint density at radius 3 is 2.80 bits per heavy atom.